The van der Waals surface area contributed by atoms with E-state index in [1.165, 1.54) is 0 Å². The minimum absolute atomic E-state index is 0.0112. The van der Waals surface area contributed by atoms with Crippen LogP contribution in [0.25, 0.3) is 11.1 Å². The number of hydrogen-bond donors (Lipinski definition) is 1. The van der Waals surface area contributed by atoms with Gasteiger partial charge in [0, 0.05) is 32.1 Å². The minimum Gasteiger partial charge on any atom is -0.366 e. The van der Waals surface area contributed by atoms with Gasteiger partial charge in [0.2, 0.25) is 5.91 Å². The maximum Gasteiger partial charge on any atom is 0.249 e. The van der Waals surface area contributed by atoms with Crippen molar-refractivity contribution in [3.63, 3.8) is 0 Å². The molecular weight excluding hydrogens is 306 g/mol. The normalized spacial score (nSPS) is 23.3. The van der Waals surface area contributed by atoms with E-state index in [1.807, 2.05) is 48.5 Å². The van der Waals surface area contributed by atoms with Crippen LogP contribution in [0.2, 0.25) is 0 Å². The van der Waals surface area contributed by atoms with Crippen molar-refractivity contribution in [1.82, 2.24) is 0 Å². The summed E-state index contributed by atoms with van der Waals surface area (Å²) in [6, 6.07) is 15.5. The Balaban J connectivity index is 1.99. The summed E-state index contributed by atoms with van der Waals surface area (Å²) in [7, 11) is 3.20. The summed E-state index contributed by atoms with van der Waals surface area (Å²) in [6.45, 7) is 0. The highest BCUT2D eigenvalue weighted by Crippen LogP contribution is 2.37. The van der Waals surface area contributed by atoms with Crippen molar-refractivity contribution < 1.29 is 19.0 Å². The van der Waals surface area contributed by atoms with Crippen LogP contribution in [0.3, 0.4) is 0 Å². The molecule has 2 N–H and O–H groups in total. The fraction of sp³-hybridized carbons (Fsp3) is 0.316. The Morgan fingerprint density at radius 3 is 2.50 bits per heavy atom. The largest absolute Gasteiger partial charge is 0.366 e. The predicted octanol–water partition coefficient (Wildman–Crippen LogP) is 2.90. The van der Waals surface area contributed by atoms with E-state index in [1.54, 1.807) is 14.2 Å². The van der Waals surface area contributed by atoms with E-state index in [4.69, 9.17) is 19.9 Å². The molecule has 2 aromatic carbocycles. The highest BCUT2D eigenvalue weighted by Gasteiger charge is 2.37. The van der Waals surface area contributed by atoms with E-state index < -0.39 is 12.2 Å². The van der Waals surface area contributed by atoms with Crippen LogP contribution in [0.1, 0.15) is 28.3 Å². The monoisotopic (exact) mass is 327 g/mol. The molecule has 3 rings (SSSR count). The number of benzene rings is 2. The van der Waals surface area contributed by atoms with Crippen molar-refractivity contribution in [2.45, 2.75) is 24.9 Å². The summed E-state index contributed by atoms with van der Waals surface area (Å²) in [5.41, 5.74) is 8.84. The maximum absolute atomic E-state index is 12.0. The first-order valence-corrected chi connectivity index (χ1v) is 7.84. The first-order valence-electron chi connectivity index (χ1n) is 7.84. The lowest BCUT2D eigenvalue weighted by Crippen LogP contribution is -2.19. The second kappa shape index (κ2) is 7.13. The molecule has 1 heterocycles. The summed E-state index contributed by atoms with van der Waals surface area (Å²) in [6.07, 6.45) is -0.0539. The number of nitrogens with two attached hydrogens (primary N) is 1. The van der Waals surface area contributed by atoms with Gasteiger partial charge in [0.1, 0.15) is 0 Å². The van der Waals surface area contributed by atoms with Gasteiger partial charge in [0.15, 0.2) is 12.6 Å². The molecular formula is C19H21NO4. The zero-order valence-electron chi connectivity index (χ0n) is 13.8. The van der Waals surface area contributed by atoms with Gasteiger partial charge in [0.05, 0.1) is 0 Å². The fourth-order valence-corrected chi connectivity index (χ4v) is 3.15. The van der Waals surface area contributed by atoms with Gasteiger partial charge in [-0.3, -0.25) is 4.79 Å². The van der Waals surface area contributed by atoms with Crippen molar-refractivity contribution in [1.29, 1.82) is 0 Å². The highest BCUT2D eigenvalue weighted by atomic mass is 16.8. The minimum atomic E-state index is -0.452. The molecule has 1 aliphatic heterocycles. The van der Waals surface area contributed by atoms with Gasteiger partial charge >= 0.3 is 0 Å². The van der Waals surface area contributed by atoms with Gasteiger partial charge in [-0.2, -0.15) is 0 Å². The number of amides is 1. The number of methoxy groups -OCH3 is 2. The van der Waals surface area contributed by atoms with E-state index in [0.717, 1.165) is 16.7 Å². The molecule has 0 saturated carbocycles. The third kappa shape index (κ3) is 3.19. The molecule has 126 valence electrons. The quantitative estimate of drug-likeness (QED) is 0.916. The third-order valence-electron chi connectivity index (χ3n) is 4.38. The van der Waals surface area contributed by atoms with Crippen molar-refractivity contribution in [3.05, 3.63) is 59.7 Å². The zero-order chi connectivity index (χ0) is 17.1. The molecule has 1 fully saturated rings. The van der Waals surface area contributed by atoms with Crippen LogP contribution in [0.15, 0.2) is 48.5 Å². The van der Waals surface area contributed by atoms with Crippen LogP contribution < -0.4 is 5.73 Å². The van der Waals surface area contributed by atoms with Crippen LogP contribution in [0, 0.1) is 0 Å². The average Bonchev–Trinajstić information content (AvgIpc) is 3.05. The van der Waals surface area contributed by atoms with Crippen molar-refractivity contribution in [3.8, 4) is 11.1 Å². The molecule has 0 radical (unpaired) electrons. The highest BCUT2D eigenvalue weighted by molar-refractivity contribution is 6.00. The van der Waals surface area contributed by atoms with Gasteiger partial charge in [-0.15, -0.1) is 0 Å². The van der Waals surface area contributed by atoms with E-state index in [2.05, 4.69) is 0 Å². The van der Waals surface area contributed by atoms with Crippen LogP contribution in [0.4, 0.5) is 0 Å². The second-order valence-corrected chi connectivity index (χ2v) is 5.78. The van der Waals surface area contributed by atoms with Gasteiger partial charge in [0.25, 0.3) is 0 Å². The topological polar surface area (TPSA) is 70.8 Å². The Kier molecular flexibility index (Phi) is 4.94. The lowest BCUT2D eigenvalue weighted by molar-refractivity contribution is -0.188. The molecule has 5 heteroatoms. The Labute approximate surface area is 141 Å². The van der Waals surface area contributed by atoms with E-state index in [0.29, 0.717) is 12.0 Å². The van der Waals surface area contributed by atoms with Crippen LogP contribution >= 0.6 is 0 Å². The first kappa shape index (κ1) is 16.6. The molecule has 1 saturated heterocycles. The van der Waals surface area contributed by atoms with Crippen LogP contribution in [-0.2, 0) is 14.2 Å². The Morgan fingerprint density at radius 1 is 1.12 bits per heavy atom. The molecule has 1 aliphatic rings. The van der Waals surface area contributed by atoms with Gasteiger partial charge in [-0.1, -0.05) is 42.5 Å². The molecule has 1 amide bonds. The molecule has 24 heavy (non-hydrogen) atoms. The number of primary amides is 1. The van der Waals surface area contributed by atoms with Crippen LogP contribution in [-0.4, -0.2) is 32.7 Å². The average molecular weight is 327 g/mol. The molecule has 0 aliphatic carbocycles. The molecule has 5 nitrogen and oxygen atoms in total. The van der Waals surface area contributed by atoms with Crippen LogP contribution in [0.5, 0.6) is 0 Å². The molecule has 0 aromatic heterocycles. The number of rotatable bonds is 5. The first-order chi connectivity index (χ1) is 11.6. The molecule has 0 bridgehead atoms. The number of ether oxygens (including phenoxy) is 3. The standard InChI is InChI=1S/C19H21NO4/c1-22-17-11-15(19(23-2)24-17)13-8-9-14(16(10-13)18(20)21)12-6-4-3-5-7-12/h3-10,15,17,19H,11H2,1-2H3,(H2,20,21). The summed E-state index contributed by atoms with van der Waals surface area (Å²) in [5.74, 6) is -0.463. The SMILES string of the molecule is COC1CC(c2ccc(-c3ccccc3)c(C(N)=O)c2)C(OC)O1. The van der Waals surface area contributed by atoms with Crippen molar-refractivity contribution >= 4 is 5.91 Å². The molecule has 3 unspecified atom stereocenters. The number of carbonyl (C=O) groups excluding carboxylic acids is 1. The maximum atomic E-state index is 12.0. The Hall–Kier alpha value is -2.21. The number of carbonyl (C=O) groups is 1. The zero-order valence-corrected chi connectivity index (χ0v) is 13.8. The summed E-state index contributed by atoms with van der Waals surface area (Å²) in [4.78, 5) is 12.0. The summed E-state index contributed by atoms with van der Waals surface area (Å²) in [5, 5.41) is 0. The van der Waals surface area contributed by atoms with Crippen molar-refractivity contribution in [2.24, 2.45) is 5.73 Å². The molecule has 3 atom stereocenters. The summed E-state index contributed by atoms with van der Waals surface area (Å²) < 4.78 is 16.4. The Bertz CT molecular complexity index is 717. The van der Waals surface area contributed by atoms with E-state index in [9.17, 15) is 4.79 Å². The lowest BCUT2D eigenvalue weighted by atomic mass is 9.90. The number of hydrogen-bond acceptors (Lipinski definition) is 4. The predicted molar refractivity (Wildman–Crippen MR) is 90.4 cm³/mol. The lowest BCUT2D eigenvalue weighted by Gasteiger charge is -2.18. The van der Waals surface area contributed by atoms with Crippen molar-refractivity contribution in [2.75, 3.05) is 14.2 Å². The van der Waals surface area contributed by atoms with E-state index in [-0.39, 0.29) is 12.2 Å². The second-order valence-electron chi connectivity index (χ2n) is 5.78. The van der Waals surface area contributed by atoms with Gasteiger partial charge < -0.3 is 19.9 Å². The van der Waals surface area contributed by atoms with Gasteiger partial charge in [-0.05, 0) is 22.8 Å². The summed E-state index contributed by atoms with van der Waals surface area (Å²) >= 11 is 0. The third-order valence-corrected chi connectivity index (χ3v) is 4.38. The van der Waals surface area contributed by atoms with E-state index >= 15 is 0 Å². The smallest absolute Gasteiger partial charge is 0.249 e. The molecule has 0 spiro atoms. The fourth-order valence-electron chi connectivity index (χ4n) is 3.15. The van der Waals surface area contributed by atoms with Gasteiger partial charge in [-0.25, -0.2) is 0 Å². The molecule has 2 aromatic rings. The Morgan fingerprint density at radius 2 is 1.88 bits per heavy atom.